The van der Waals surface area contributed by atoms with Crippen LogP contribution in [0, 0.1) is 20.2 Å². The standard InChI is InChI=1S/C13H7N3O5/c17-13-11-8-4-2-1-3-7(8)6-14-9(11)5-10(15(18)19)12(13)16(20)21/h1-6,12H. The van der Waals surface area contributed by atoms with Crippen molar-refractivity contribution in [2.24, 2.45) is 0 Å². The van der Waals surface area contributed by atoms with Crippen molar-refractivity contribution in [1.29, 1.82) is 0 Å². The van der Waals surface area contributed by atoms with Crippen molar-refractivity contribution in [1.82, 2.24) is 4.98 Å². The molecule has 1 heterocycles. The second-order valence-electron chi connectivity index (χ2n) is 4.48. The summed E-state index contributed by atoms with van der Waals surface area (Å²) in [5, 5.41) is 23.1. The maximum absolute atomic E-state index is 12.4. The van der Waals surface area contributed by atoms with Crippen molar-refractivity contribution < 1.29 is 14.6 Å². The fourth-order valence-corrected chi connectivity index (χ4v) is 2.39. The third kappa shape index (κ3) is 1.84. The minimum Gasteiger partial charge on any atom is -0.286 e. The summed E-state index contributed by atoms with van der Waals surface area (Å²) in [4.78, 5) is 36.5. The predicted molar refractivity (Wildman–Crippen MR) is 71.8 cm³/mol. The first-order chi connectivity index (χ1) is 10.0. The van der Waals surface area contributed by atoms with Gasteiger partial charge in [-0.2, -0.15) is 0 Å². The number of fused-ring (bicyclic) bond motifs is 3. The summed E-state index contributed by atoms with van der Waals surface area (Å²) < 4.78 is 0. The number of nitro groups is 2. The number of aromatic nitrogens is 1. The lowest BCUT2D eigenvalue weighted by Crippen LogP contribution is -2.37. The molecule has 0 aliphatic heterocycles. The number of nitrogens with zero attached hydrogens (tertiary/aromatic N) is 3. The molecule has 0 saturated carbocycles. The molecule has 0 amide bonds. The molecule has 1 aliphatic rings. The normalized spacial score (nSPS) is 17.2. The fourth-order valence-electron chi connectivity index (χ4n) is 2.39. The average Bonchev–Trinajstić information content (AvgIpc) is 2.45. The zero-order valence-corrected chi connectivity index (χ0v) is 10.4. The van der Waals surface area contributed by atoms with E-state index in [4.69, 9.17) is 0 Å². The van der Waals surface area contributed by atoms with E-state index >= 15 is 0 Å². The Kier molecular flexibility index (Phi) is 2.72. The molecule has 3 rings (SSSR count). The van der Waals surface area contributed by atoms with Crippen LogP contribution < -0.4 is 0 Å². The first-order valence-electron chi connectivity index (χ1n) is 5.92. The number of carbonyl (C=O) groups excluding carboxylic acids is 1. The highest BCUT2D eigenvalue weighted by Gasteiger charge is 2.47. The van der Waals surface area contributed by atoms with E-state index < -0.39 is 27.4 Å². The van der Waals surface area contributed by atoms with Crippen LogP contribution in [0.15, 0.2) is 36.2 Å². The average molecular weight is 285 g/mol. The van der Waals surface area contributed by atoms with Gasteiger partial charge in [-0.25, -0.2) is 0 Å². The van der Waals surface area contributed by atoms with Crippen LogP contribution in [-0.4, -0.2) is 26.7 Å². The number of benzene rings is 1. The van der Waals surface area contributed by atoms with Gasteiger partial charge in [0.15, 0.2) is 0 Å². The van der Waals surface area contributed by atoms with Gasteiger partial charge in [-0.15, -0.1) is 0 Å². The second kappa shape index (κ2) is 4.44. The Morgan fingerprint density at radius 1 is 1.14 bits per heavy atom. The molecule has 1 unspecified atom stereocenters. The van der Waals surface area contributed by atoms with Crippen molar-refractivity contribution in [2.45, 2.75) is 6.04 Å². The van der Waals surface area contributed by atoms with Crippen LogP contribution in [0.1, 0.15) is 16.1 Å². The molecule has 21 heavy (non-hydrogen) atoms. The van der Waals surface area contributed by atoms with Gasteiger partial charge in [0.25, 0.3) is 5.78 Å². The molecular weight excluding hydrogens is 278 g/mol. The highest BCUT2D eigenvalue weighted by Crippen LogP contribution is 2.30. The highest BCUT2D eigenvalue weighted by molar-refractivity contribution is 6.14. The van der Waals surface area contributed by atoms with Gasteiger partial charge < -0.3 is 0 Å². The van der Waals surface area contributed by atoms with E-state index in [1.807, 2.05) is 0 Å². The number of Topliss-reactive ketones (excluding diaryl/α,β-unsaturated/α-hetero) is 1. The summed E-state index contributed by atoms with van der Waals surface area (Å²) in [6, 6.07) is 4.77. The SMILES string of the molecule is O=C1c2c(ncc3ccccc23)C=C([N+](=O)[O-])C1[N+](=O)[O-]. The molecule has 0 fully saturated rings. The minimum atomic E-state index is -2.00. The third-order valence-electron chi connectivity index (χ3n) is 3.31. The van der Waals surface area contributed by atoms with Crippen LogP contribution in [-0.2, 0) is 0 Å². The van der Waals surface area contributed by atoms with Crippen molar-refractivity contribution in [3.8, 4) is 0 Å². The van der Waals surface area contributed by atoms with Crippen molar-refractivity contribution >= 4 is 22.6 Å². The van der Waals surface area contributed by atoms with Gasteiger partial charge in [-0.3, -0.25) is 30.0 Å². The van der Waals surface area contributed by atoms with E-state index in [-0.39, 0.29) is 11.3 Å². The molecular formula is C13H7N3O5. The summed E-state index contributed by atoms with van der Waals surface area (Å²) in [6.07, 6.45) is 2.47. The van der Waals surface area contributed by atoms with E-state index in [9.17, 15) is 25.0 Å². The Labute approximate surface area is 117 Å². The van der Waals surface area contributed by atoms with Gasteiger partial charge in [0, 0.05) is 22.6 Å². The summed E-state index contributed by atoms with van der Waals surface area (Å²) >= 11 is 0. The Morgan fingerprint density at radius 3 is 2.52 bits per heavy atom. The van der Waals surface area contributed by atoms with Gasteiger partial charge in [-0.1, -0.05) is 24.3 Å². The van der Waals surface area contributed by atoms with Crippen LogP contribution >= 0.6 is 0 Å². The molecule has 104 valence electrons. The van der Waals surface area contributed by atoms with E-state index in [0.29, 0.717) is 10.8 Å². The quantitative estimate of drug-likeness (QED) is 0.612. The molecule has 1 aromatic heterocycles. The van der Waals surface area contributed by atoms with Gasteiger partial charge >= 0.3 is 11.7 Å². The van der Waals surface area contributed by atoms with E-state index in [0.717, 1.165) is 6.08 Å². The Balaban J connectivity index is 2.36. The van der Waals surface area contributed by atoms with Crippen molar-refractivity contribution in [2.75, 3.05) is 0 Å². The molecule has 0 radical (unpaired) electrons. The first-order valence-corrected chi connectivity index (χ1v) is 5.92. The number of hydrogen-bond donors (Lipinski definition) is 0. The molecule has 1 aliphatic carbocycles. The van der Waals surface area contributed by atoms with E-state index in [2.05, 4.69) is 4.98 Å². The van der Waals surface area contributed by atoms with Gasteiger partial charge in [0.05, 0.1) is 16.2 Å². The predicted octanol–water partition coefficient (Wildman–Crippen LogP) is 1.69. The molecule has 8 nitrogen and oxygen atoms in total. The lowest BCUT2D eigenvalue weighted by atomic mass is 9.90. The lowest BCUT2D eigenvalue weighted by molar-refractivity contribution is -0.539. The van der Waals surface area contributed by atoms with Crippen LogP contribution in [0.5, 0.6) is 0 Å². The minimum absolute atomic E-state index is 0.0559. The molecule has 2 aromatic rings. The van der Waals surface area contributed by atoms with Crippen LogP contribution in [0.4, 0.5) is 0 Å². The van der Waals surface area contributed by atoms with Crippen LogP contribution in [0.25, 0.3) is 16.8 Å². The molecule has 1 atom stereocenters. The Morgan fingerprint density at radius 2 is 1.86 bits per heavy atom. The first kappa shape index (κ1) is 12.9. The highest BCUT2D eigenvalue weighted by atomic mass is 16.6. The Hall–Kier alpha value is -3.16. The monoisotopic (exact) mass is 285 g/mol. The summed E-state index contributed by atoms with van der Waals surface area (Å²) in [6.45, 7) is 0. The smallest absolute Gasteiger partial charge is 0.286 e. The van der Waals surface area contributed by atoms with Gasteiger partial charge in [0.2, 0.25) is 0 Å². The van der Waals surface area contributed by atoms with Crippen LogP contribution in [0.3, 0.4) is 0 Å². The number of pyridine rings is 1. The maximum Gasteiger partial charge on any atom is 0.362 e. The maximum atomic E-state index is 12.4. The van der Waals surface area contributed by atoms with Crippen LogP contribution in [0.2, 0.25) is 0 Å². The second-order valence-corrected chi connectivity index (χ2v) is 4.48. The molecule has 0 N–H and O–H groups in total. The summed E-state index contributed by atoms with van der Waals surface area (Å²) in [7, 11) is 0. The topological polar surface area (TPSA) is 116 Å². The van der Waals surface area contributed by atoms with Gasteiger partial charge in [0.1, 0.15) is 0 Å². The zero-order valence-electron chi connectivity index (χ0n) is 10.4. The Bertz CT molecular complexity index is 843. The third-order valence-corrected chi connectivity index (χ3v) is 3.31. The summed E-state index contributed by atoms with van der Waals surface area (Å²) in [5.74, 6) is -0.909. The number of rotatable bonds is 2. The van der Waals surface area contributed by atoms with Gasteiger partial charge in [-0.05, 0) is 5.39 Å². The molecule has 0 saturated heterocycles. The number of carbonyl (C=O) groups is 1. The molecule has 1 aromatic carbocycles. The lowest BCUT2D eigenvalue weighted by Gasteiger charge is -2.15. The largest absolute Gasteiger partial charge is 0.362 e. The molecule has 0 bridgehead atoms. The summed E-state index contributed by atoms with van der Waals surface area (Å²) in [5.41, 5.74) is -0.621. The van der Waals surface area contributed by atoms with E-state index in [1.165, 1.54) is 6.20 Å². The van der Waals surface area contributed by atoms with E-state index in [1.54, 1.807) is 24.3 Å². The zero-order chi connectivity index (χ0) is 15.1. The van der Waals surface area contributed by atoms with Crippen molar-refractivity contribution in [3.63, 3.8) is 0 Å². The fraction of sp³-hybridized carbons (Fsp3) is 0.0769. The number of ketones is 1. The van der Waals surface area contributed by atoms with Crippen molar-refractivity contribution in [3.05, 3.63) is 67.6 Å². The molecule has 8 heteroatoms. The molecule has 0 spiro atoms. The number of hydrogen-bond acceptors (Lipinski definition) is 6.